The van der Waals surface area contributed by atoms with Crippen LogP contribution in [0.4, 0.5) is 0 Å². The summed E-state index contributed by atoms with van der Waals surface area (Å²) in [7, 11) is 0. The summed E-state index contributed by atoms with van der Waals surface area (Å²) in [6, 6.07) is 2.39. The monoisotopic (exact) mass is 469 g/mol. The van der Waals surface area contributed by atoms with Gasteiger partial charge in [-0.1, -0.05) is 59.6 Å². The second-order valence-corrected chi connectivity index (χ2v) is 9.20. The Hall–Kier alpha value is -2.32. The topological polar surface area (TPSA) is 131 Å². The summed E-state index contributed by atoms with van der Waals surface area (Å²) in [5.74, 6) is -2.29. The molecule has 5 N–H and O–H groups in total. The number of halogens is 1. The molecule has 0 aliphatic rings. The predicted octanol–water partition coefficient (Wildman–Crippen LogP) is 3.07. The Morgan fingerprint density at radius 1 is 1.06 bits per heavy atom. The lowest BCUT2D eigenvalue weighted by atomic mass is 9.97. The first-order chi connectivity index (χ1) is 14.9. The standard InChI is InChI=1S/C23H36ClN3O5/c1-7-14(6)20(23(30)31)27-22(29)19(13(4)5)26-21(28)16-9-8-15(24)10-18(16)32-11-17(25)12(2)3/h8-10,12-14,17,19-20H,7,11,25H2,1-6H3,(H,26,28)(H,27,29)(H,30,31)/t14-,17-,19-,20-/m0/s1. The predicted molar refractivity (Wildman–Crippen MR) is 125 cm³/mol. The van der Waals surface area contributed by atoms with E-state index < -0.39 is 29.9 Å². The van der Waals surface area contributed by atoms with Crippen LogP contribution in [0.3, 0.4) is 0 Å². The van der Waals surface area contributed by atoms with Crippen LogP contribution in [0, 0.1) is 17.8 Å². The van der Waals surface area contributed by atoms with Crippen molar-refractivity contribution in [3.8, 4) is 5.75 Å². The average molecular weight is 470 g/mol. The van der Waals surface area contributed by atoms with E-state index >= 15 is 0 Å². The average Bonchev–Trinajstić information content (AvgIpc) is 2.72. The lowest BCUT2D eigenvalue weighted by Crippen LogP contribution is -2.55. The number of carboxylic acid groups (broad SMARTS) is 1. The Bertz CT molecular complexity index is 800. The molecule has 0 spiro atoms. The van der Waals surface area contributed by atoms with E-state index in [9.17, 15) is 19.5 Å². The minimum atomic E-state index is -1.11. The molecule has 0 saturated carbocycles. The van der Waals surface area contributed by atoms with Gasteiger partial charge in [0, 0.05) is 11.1 Å². The minimum Gasteiger partial charge on any atom is -0.491 e. The van der Waals surface area contributed by atoms with Crippen molar-refractivity contribution >= 4 is 29.4 Å². The van der Waals surface area contributed by atoms with Crippen LogP contribution in [0.15, 0.2) is 18.2 Å². The van der Waals surface area contributed by atoms with E-state index in [1.54, 1.807) is 26.8 Å². The van der Waals surface area contributed by atoms with Crippen LogP contribution in [0.1, 0.15) is 58.3 Å². The van der Waals surface area contributed by atoms with Crippen LogP contribution in [0.5, 0.6) is 5.75 Å². The van der Waals surface area contributed by atoms with E-state index in [4.69, 9.17) is 22.1 Å². The molecule has 0 saturated heterocycles. The molecule has 32 heavy (non-hydrogen) atoms. The van der Waals surface area contributed by atoms with E-state index in [1.807, 2.05) is 20.8 Å². The molecule has 1 aromatic carbocycles. The molecule has 0 heterocycles. The normalized spacial score (nSPS) is 15.1. The zero-order valence-electron chi connectivity index (χ0n) is 19.6. The molecule has 0 bridgehead atoms. The molecule has 0 unspecified atom stereocenters. The number of benzene rings is 1. The fourth-order valence-electron chi connectivity index (χ4n) is 2.86. The Balaban J connectivity index is 3.06. The summed E-state index contributed by atoms with van der Waals surface area (Å²) in [6.45, 7) is 11.3. The number of nitrogens with two attached hydrogens (primary N) is 1. The van der Waals surface area contributed by atoms with Crippen molar-refractivity contribution in [2.75, 3.05) is 6.61 Å². The number of ether oxygens (including phenoxy) is 1. The van der Waals surface area contributed by atoms with Crippen molar-refractivity contribution in [2.24, 2.45) is 23.5 Å². The highest BCUT2D eigenvalue weighted by atomic mass is 35.5. The number of carbonyl (C=O) groups excluding carboxylic acids is 2. The van der Waals surface area contributed by atoms with Gasteiger partial charge in [0.25, 0.3) is 5.91 Å². The number of hydrogen-bond acceptors (Lipinski definition) is 5. The van der Waals surface area contributed by atoms with Gasteiger partial charge in [-0.25, -0.2) is 4.79 Å². The maximum absolute atomic E-state index is 13.0. The summed E-state index contributed by atoms with van der Waals surface area (Å²) < 4.78 is 5.76. The summed E-state index contributed by atoms with van der Waals surface area (Å²) in [5.41, 5.74) is 6.24. The molecular formula is C23H36ClN3O5. The number of amides is 2. The highest BCUT2D eigenvalue weighted by Crippen LogP contribution is 2.24. The van der Waals surface area contributed by atoms with Crippen LogP contribution >= 0.6 is 11.6 Å². The summed E-state index contributed by atoms with van der Waals surface area (Å²) >= 11 is 6.07. The number of aliphatic carboxylic acids is 1. The van der Waals surface area contributed by atoms with Crippen molar-refractivity contribution < 1.29 is 24.2 Å². The van der Waals surface area contributed by atoms with Gasteiger partial charge in [0.15, 0.2) is 0 Å². The summed E-state index contributed by atoms with van der Waals surface area (Å²) in [4.78, 5) is 37.5. The largest absolute Gasteiger partial charge is 0.491 e. The van der Waals surface area contributed by atoms with Gasteiger partial charge in [0.2, 0.25) is 5.91 Å². The quantitative estimate of drug-likeness (QED) is 0.372. The lowest BCUT2D eigenvalue weighted by molar-refractivity contribution is -0.143. The second-order valence-electron chi connectivity index (χ2n) is 8.76. The zero-order chi connectivity index (χ0) is 24.6. The molecule has 1 aromatic rings. The van der Waals surface area contributed by atoms with Crippen LogP contribution in [0.2, 0.25) is 5.02 Å². The number of rotatable bonds is 12. The zero-order valence-corrected chi connectivity index (χ0v) is 20.4. The number of hydrogen-bond donors (Lipinski definition) is 4. The Labute approximate surface area is 195 Å². The van der Waals surface area contributed by atoms with Gasteiger partial charge in [0.1, 0.15) is 24.4 Å². The van der Waals surface area contributed by atoms with Crippen molar-refractivity contribution in [3.63, 3.8) is 0 Å². The van der Waals surface area contributed by atoms with Gasteiger partial charge < -0.3 is 26.2 Å². The molecule has 4 atom stereocenters. The molecule has 8 nitrogen and oxygen atoms in total. The first-order valence-electron chi connectivity index (χ1n) is 10.9. The molecule has 9 heteroatoms. The first-order valence-corrected chi connectivity index (χ1v) is 11.3. The smallest absolute Gasteiger partial charge is 0.326 e. The van der Waals surface area contributed by atoms with E-state index in [2.05, 4.69) is 10.6 Å². The minimum absolute atomic E-state index is 0.188. The van der Waals surface area contributed by atoms with Crippen LogP contribution in [-0.2, 0) is 9.59 Å². The molecule has 2 amide bonds. The maximum atomic E-state index is 13.0. The third-order valence-electron chi connectivity index (χ3n) is 5.49. The maximum Gasteiger partial charge on any atom is 0.326 e. The molecule has 0 aromatic heterocycles. The van der Waals surface area contributed by atoms with Gasteiger partial charge in [-0.15, -0.1) is 0 Å². The van der Waals surface area contributed by atoms with Crippen molar-refractivity contribution in [2.45, 2.75) is 66.1 Å². The van der Waals surface area contributed by atoms with Crippen LogP contribution in [-0.4, -0.2) is 47.6 Å². The van der Waals surface area contributed by atoms with Crippen LogP contribution in [0.25, 0.3) is 0 Å². The van der Waals surface area contributed by atoms with Gasteiger partial charge in [-0.05, 0) is 36.0 Å². The fourth-order valence-corrected chi connectivity index (χ4v) is 3.02. The summed E-state index contributed by atoms with van der Waals surface area (Å²) in [5, 5.41) is 15.1. The number of carbonyl (C=O) groups is 3. The third-order valence-corrected chi connectivity index (χ3v) is 5.72. The Morgan fingerprint density at radius 2 is 1.69 bits per heavy atom. The lowest BCUT2D eigenvalue weighted by Gasteiger charge is -2.26. The van der Waals surface area contributed by atoms with Crippen molar-refractivity contribution in [1.29, 1.82) is 0 Å². The molecule has 180 valence electrons. The number of nitrogens with one attached hydrogen (secondary N) is 2. The first kappa shape index (κ1) is 27.7. The molecule has 0 radical (unpaired) electrons. The molecule has 1 rings (SSSR count). The highest BCUT2D eigenvalue weighted by Gasteiger charge is 2.31. The summed E-state index contributed by atoms with van der Waals surface area (Å²) in [6.07, 6.45) is 0.583. The van der Waals surface area contributed by atoms with Gasteiger partial charge in [0.05, 0.1) is 5.56 Å². The Kier molecular flexibility index (Phi) is 11.0. The van der Waals surface area contributed by atoms with Crippen molar-refractivity contribution in [3.05, 3.63) is 28.8 Å². The van der Waals surface area contributed by atoms with E-state index in [0.29, 0.717) is 11.4 Å². The molecule has 0 fully saturated rings. The van der Waals surface area contributed by atoms with Crippen molar-refractivity contribution in [1.82, 2.24) is 10.6 Å². The van der Waals surface area contributed by atoms with Gasteiger partial charge >= 0.3 is 5.97 Å². The highest BCUT2D eigenvalue weighted by molar-refractivity contribution is 6.30. The van der Waals surface area contributed by atoms with E-state index in [1.165, 1.54) is 12.1 Å². The Morgan fingerprint density at radius 3 is 2.19 bits per heavy atom. The van der Waals surface area contributed by atoms with Crippen LogP contribution < -0.4 is 21.1 Å². The molecule has 0 aliphatic carbocycles. The van der Waals surface area contributed by atoms with Gasteiger partial charge in [-0.2, -0.15) is 0 Å². The van der Waals surface area contributed by atoms with E-state index in [0.717, 1.165) is 0 Å². The molecule has 0 aliphatic heterocycles. The van der Waals surface area contributed by atoms with E-state index in [-0.39, 0.29) is 41.7 Å². The number of carboxylic acids is 1. The fraction of sp³-hybridized carbons (Fsp3) is 0.609. The SMILES string of the molecule is CC[C@H](C)[C@H](NC(=O)[C@@H](NC(=O)c1ccc(Cl)cc1OC[C@H](N)C(C)C)C(C)C)C(=O)O. The van der Waals surface area contributed by atoms with Gasteiger partial charge in [-0.3, -0.25) is 9.59 Å². The molecular weight excluding hydrogens is 434 g/mol. The second kappa shape index (κ2) is 12.6. The third kappa shape index (κ3) is 7.98.